The fourth-order valence-electron chi connectivity index (χ4n) is 1.51. The van der Waals surface area contributed by atoms with E-state index in [-0.39, 0.29) is 0 Å². The van der Waals surface area contributed by atoms with E-state index in [9.17, 15) is 0 Å². The standard InChI is InChI=1S/C10H12N2/c1-7-4-5-9-8(10(7)11)3-2-6-12-9/h2-3,5-7H,4,11H2,1H3. The number of aromatic nitrogens is 1. The number of nitrogens with two attached hydrogens (primary N) is 1. The van der Waals surface area contributed by atoms with Crippen molar-refractivity contribution in [1.82, 2.24) is 4.98 Å². The van der Waals surface area contributed by atoms with Gasteiger partial charge in [-0.15, -0.1) is 0 Å². The van der Waals surface area contributed by atoms with Crippen LogP contribution in [0.15, 0.2) is 18.3 Å². The fraction of sp³-hybridized carbons (Fsp3) is 0.300. The van der Waals surface area contributed by atoms with Gasteiger partial charge in [0.25, 0.3) is 0 Å². The highest BCUT2D eigenvalue weighted by Crippen LogP contribution is 2.10. The molecular weight excluding hydrogens is 148 g/mol. The van der Waals surface area contributed by atoms with Gasteiger partial charge in [0.15, 0.2) is 0 Å². The van der Waals surface area contributed by atoms with Gasteiger partial charge in [0, 0.05) is 17.1 Å². The SMILES string of the molecule is CC1CC=c2ncccc2=C1N. The average Bonchev–Trinajstić information content (AvgIpc) is 2.12. The van der Waals surface area contributed by atoms with Gasteiger partial charge in [-0.25, -0.2) is 0 Å². The largest absolute Gasteiger partial charge is 0.401 e. The zero-order chi connectivity index (χ0) is 8.55. The third-order valence-corrected chi connectivity index (χ3v) is 2.35. The highest BCUT2D eigenvalue weighted by atomic mass is 14.7. The first-order valence-corrected chi connectivity index (χ1v) is 4.20. The Labute approximate surface area is 71.4 Å². The Balaban J connectivity index is 2.83. The minimum absolute atomic E-state index is 0.460. The van der Waals surface area contributed by atoms with Gasteiger partial charge in [0.2, 0.25) is 0 Å². The van der Waals surface area contributed by atoms with E-state index in [4.69, 9.17) is 5.73 Å². The first-order chi connectivity index (χ1) is 5.79. The van der Waals surface area contributed by atoms with Crippen LogP contribution < -0.4 is 16.3 Å². The van der Waals surface area contributed by atoms with Gasteiger partial charge < -0.3 is 5.73 Å². The quantitative estimate of drug-likeness (QED) is 0.579. The zero-order valence-electron chi connectivity index (χ0n) is 7.12. The van der Waals surface area contributed by atoms with Gasteiger partial charge >= 0.3 is 0 Å². The molecule has 1 aliphatic carbocycles. The van der Waals surface area contributed by atoms with Crippen molar-refractivity contribution >= 4 is 11.8 Å². The summed E-state index contributed by atoms with van der Waals surface area (Å²) in [6.07, 6.45) is 4.96. The Morgan fingerprint density at radius 3 is 3.25 bits per heavy atom. The summed E-state index contributed by atoms with van der Waals surface area (Å²) < 4.78 is 0. The lowest BCUT2D eigenvalue weighted by molar-refractivity contribution is 0.756. The zero-order valence-corrected chi connectivity index (χ0v) is 7.12. The first kappa shape index (κ1) is 7.35. The highest BCUT2D eigenvalue weighted by Gasteiger charge is 2.08. The molecule has 2 nitrogen and oxygen atoms in total. The van der Waals surface area contributed by atoms with Crippen LogP contribution in [-0.2, 0) is 0 Å². The predicted octanol–water partition coefficient (Wildman–Crippen LogP) is -0.0312. The van der Waals surface area contributed by atoms with Crippen LogP contribution in [0.3, 0.4) is 0 Å². The van der Waals surface area contributed by atoms with E-state index in [0.29, 0.717) is 5.92 Å². The molecule has 62 valence electrons. The summed E-state index contributed by atoms with van der Waals surface area (Å²) in [5.74, 6) is 0.460. The Morgan fingerprint density at radius 1 is 1.58 bits per heavy atom. The molecule has 1 atom stereocenters. The molecular formula is C10H12N2. The van der Waals surface area contributed by atoms with Crippen LogP contribution in [0.25, 0.3) is 11.8 Å². The summed E-state index contributed by atoms with van der Waals surface area (Å²) in [4.78, 5) is 4.25. The lowest BCUT2D eigenvalue weighted by Crippen LogP contribution is -2.37. The molecule has 0 bridgehead atoms. The molecule has 0 fully saturated rings. The van der Waals surface area contributed by atoms with E-state index in [1.165, 1.54) is 0 Å². The van der Waals surface area contributed by atoms with Gasteiger partial charge in [-0.3, -0.25) is 4.98 Å². The summed E-state index contributed by atoms with van der Waals surface area (Å²) in [7, 11) is 0. The van der Waals surface area contributed by atoms with Crippen molar-refractivity contribution < 1.29 is 0 Å². The van der Waals surface area contributed by atoms with E-state index in [2.05, 4.69) is 18.0 Å². The van der Waals surface area contributed by atoms with Crippen molar-refractivity contribution in [3.8, 4) is 0 Å². The third-order valence-electron chi connectivity index (χ3n) is 2.35. The molecule has 1 aliphatic rings. The molecule has 1 aromatic rings. The van der Waals surface area contributed by atoms with Crippen LogP contribution in [-0.4, -0.2) is 4.98 Å². The van der Waals surface area contributed by atoms with Gasteiger partial charge in [0.1, 0.15) is 0 Å². The van der Waals surface area contributed by atoms with Crippen molar-refractivity contribution in [1.29, 1.82) is 0 Å². The lowest BCUT2D eigenvalue weighted by Gasteiger charge is -2.13. The molecule has 0 spiro atoms. The summed E-state index contributed by atoms with van der Waals surface area (Å²) >= 11 is 0. The van der Waals surface area contributed by atoms with Crippen molar-refractivity contribution in [2.45, 2.75) is 13.3 Å². The molecule has 0 radical (unpaired) electrons. The molecule has 2 heteroatoms. The highest BCUT2D eigenvalue weighted by molar-refractivity contribution is 5.48. The molecule has 2 rings (SSSR count). The maximum absolute atomic E-state index is 5.95. The molecule has 1 unspecified atom stereocenters. The smallest absolute Gasteiger partial charge is 0.0679 e. The van der Waals surface area contributed by atoms with Gasteiger partial charge in [0.05, 0.1) is 5.35 Å². The molecule has 1 aromatic heterocycles. The summed E-state index contributed by atoms with van der Waals surface area (Å²) in [6, 6.07) is 3.96. The molecule has 0 aliphatic heterocycles. The molecule has 1 heterocycles. The van der Waals surface area contributed by atoms with E-state index < -0.39 is 0 Å². The second-order valence-electron chi connectivity index (χ2n) is 3.23. The third kappa shape index (κ3) is 0.998. The van der Waals surface area contributed by atoms with Crippen LogP contribution in [0.4, 0.5) is 0 Å². The number of hydrogen-bond donors (Lipinski definition) is 1. The molecule has 12 heavy (non-hydrogen) atoms. The number of pyridine rings is 1. The number of rotatable bonds is 0. The Hall–Kier alpha value is -1.31. The van der Waals surface area contributed by atoms with Crippen LogP contribution in [0.2, 0.25) is 0 Å². The summed E-state index contributed by atoms with van der Waals surface area (Å²) in [5, 5.41) is 2.14. The summed E-state index contributed by atoms with van der Waals surface area (Å²) in [6.45, 7) is 2.14. The number of hydrogen-bond acceptors (Lipinski definition) is 2. The normalized spacial score (nSPS) is 21.4. The molecule has 0 amide bonds. The second-order valence-corrected chi connectivity index (χ2v) is 3.23. The molecule has 0 aromatic carbocycles. The Kier molecular flexibility index (Phi) is 1.61. The Bertz CT molecular complexity index is 406. The van der Waals surface area contributed by atoms with Crippen LogP contribution >= 0.6 is 0 Å². The maximum Gasteiger partial charge on any atom is 0.0679 e. The minimum atomic E-state index is 0.460. The van der Waals surface area contributed by atoms with Crippen LogP contribution in [0, 0.1) is 5.92 Å². The van der Waals surface area contributed by atoms with Crippen molar-refractivity contribution in [3.05, 3.63) is 28.9 Å². The lowest BCUT2D eigenvalue weighted by atomic mass is 9.98. The fourth-order valence-corrected chi connectivity index (χ4v) is 1.51. The molecule has 0 saturated carbocycles. The van der Waals surface area contributed by atoms with Crippen LogP contribution in [0.1, 0.15) is 13.3 Å². The first-order valence-electron chi connectivity index (χ1n) is 4.20. The van der Waals surface area contributed by atoms with E-state index in [0.717, 1.165) is 22.7 Å². The predicted molar refractivity (Wildman–Crippen MR) is 49.3 cm³/mol. The summed E-state index contributed by atoms with van der Waals surface area (Å²) in [5.41, 5.74) is 6.92. The number of fused-ring (bicyclic) bond motifs is 1. The van der Waals surface area contributed by atoms with Gasteiger partial charge in [-0.2, -0.15) is 0 Å². The second kappa shape index (κ2) is 2.63. The Morgan fingerprint density at radius 2 is 2.42 bits per heavy atom. The number of nitrogens with zero attached hydrogens (tertiary/aromatic N) is 1. The van der Waals surface area contributed by atoms with Crippen molar-refractivity contribution in [2.24, 2.45) is 11.7 Å². The minimum Gasteiger partial charge on any atom is -0.401 e. The molecule has 2 N–H and O–H groups in total. The van der Waals surface area contributed by atoms with Crippen LogP contribution in [0.5, 0.6) is 0 Å². The van der Waals surface area contributed by atoms with E-state index in [1.54, 1.807) is 6.20 Å². The van der Waals surface area contributed by atoms with E-state index >= 15 is 0 Å². The molecule has 0 saturated heterocycles. The van der Waals surface area contributed by atoms with Gasteiger partial charge in [-0.05, 0) is 24.5 Å². The maximum atomic E-state index is 5.95. The van der Waals surface area contributed by atoms with Gasteiger partial charge in [-0.1, -0.05) is 13.0 Å². The van der Waals surface area contributed by atoms with Crippen molar-refractivity contribution in [3.63, 3.8) is 0 Å². The monoisotopic (exact) mass is 160 g/mol. The van der Waals surface area contributed by atoms with E-state index in [1.807, 2.05) is 12.1 Å². The average molecular weight is 160 g/mol. The topological polar surface area (TPSA) is 38.9 Å². The van der Waals surface area contributed by atoms with Crippen molar-refractivity contribution in [2.75, 3.05) is 0 Å².